The van der Waals surface area contributed by atoms with Crippen molar-refractivity contribution >= 4 is 11.9 Å². The summed E-state index contributed by atoms with van der Waals surface area (Å²) in [6.45, 7) is 2.03. The first-order chi connectivity index (χ1) is 9.58. The zero-order valence-corrected chi connectivity index (χ0v) is 11.0. The van der Waals surface area contributed by atoms with Gasteiger partial charge in [0.15, 0.2) is 0 Å². The summed E-state index contributed by atoms with van der Waals surface area (Å²) in [6.07, 6.45) is 3.33. The molecule has 20 heavy (non-hydrogen) atoms. The summed E-state index contributed by atoms with van der Waals surface area (Å²) in [4.78, 5) is 22.8. The van der Waals surface area contributed by atoms with Gasteiger partial charge in [0.05, 0.1) is 5.56 Å². The molecule has 6 nitrogen and oxygen atoms in total. The lowest BCUT2D eigenvalue weighted by Crippen LogP contribution is -2.30. The fourth-order valence-electron chi connectivity index (χ4n) is 1.78. The second-order valence-electron chi connectivity index (χ2n) is 4.39. The van der Waals surface area contributed by atoms with Crippen LogP contribution in [0.1, 0.15) is 28.9 Å². The highest BCUT2D eigenvalue weighted by atomic mass is 16.4. The maximum atomic E-state index is 11.9. The lowest BCUT2D eigenvalue weighted by Gasteiger charge is -2.12. The summed E-state index contributed by atoms with van der Waals surface area (Å²) in [5, 5.41) is 15.7. The molecule has 104 valence electrons. The van der Waals surface area contributed by atoms with Crippen molar-refractivity contribution in [1.82, 2.24) is 15.1 Å². The van der Waals surface area contributed by atoms with Gasteiger partial charge in [-0.3, -0.25) is 9.48 Å². The van der Waals surface area contributed by atoms with Gasteiger partial charge < -0.3 is 10.4 Å². The molecule has 0 aliphatic heterocycles. The molecule has 0 radical (unpaired) electrons. The van der Waals surface area contributed by atoms with Crippen LogP contribution in [0.25, 0.3) is 0 Å². The molecule has 0 saturated carbocycles. The molecule has 0 bridgehead atoms. The van der Waals surface area contributed by atoms with Crippen LogP contribution in [-0.2, 0) is 11.3 Å². The van der Waals surface area contributed by atoms with Gasteiger partial charge in [-0.05, 0) is 30.7 Å². The van der Waals surface area contributed by atoms with Crippen molar-refractivity contribution in [3.8, 4) is 0 Å². The van der Waals surface area contributed by atoms with E-state index < -0.39 is 12.0 Å². The first-order valence-corrected chi connectivity index (χ1v) is 6.17. The molecule has 0 spiro atoms. The van der Waals surface area contributed by atoms with Gasteiger partial charge in [0.2, 0.25) is 5.91 Å². The monoisotopic (exact) mass is 273 g/mol. The van der Waals surface area contributed by atoms with E-state index in [1.807, 2.05) is 0 Å². The van der Waals surface area contributed by atoms with Crippen LogP contribution in [0.5, 0.6) is 0 Å². The van der Waals surface area contributed by atoms with E-state index in [0.29, 0.717) is 0 Å². The highest BCUT2D eigenvalue weighted by molar-refractivity contribution is 5.87. The standard InChI is InChI=1S/C14H15N3O3/c1-10(17-7-3-6-16-17)13(18)15-9-11-4-2-5-12(8-11)14(19)20/h2-8,10H,9H2,1H3,(H,15,18)(H,19,20)/t10-/m0/s1. The highest BCUT2D eigenvalue weighted by Gasteiger charge is 2.14. The number of benzene rings is 1. The van der Waals surface area contributed by atoms with Gasteiger partial charge in [-0.2, -0.15) is 5.10 Å². The Morgan fingerprint density at radius 2 is 2.20 bits per heavy atom. The van der Waals surface area contributed by atoms with E-state index in [-0.39, 0.29) is 18.0 Å². The Morgan fingerprint density at radius 3 is 2.85 bits per heavy atom. The third-order valence-corrected chi connectivity index (χ3v) is 2.94. The van der Waals surface area contributed by atoms with Gasteiger partial charge in [-0.25, -0.2) is 4.79 Å². The average molecular weight is 273 g/mol. The largest absolute Gasteiger partial charge is 0.478 e. The third-order valence-electron chi connectivity index (χ3n) is 2.94. The van der Waals surface area contributed by atoms with E-state index >= 15 is 0 Å². The summed E-state index contributed by atoms with van der Waals surface area (Å²) in [5.74, 6) is -1.16. The highest BCUT2D eigenvalue weighted by Crippen LogP contribution is 2.07. The number of amides is 1. The maximum Gasteiger partial charge on any atom is 0.335 e. The van der Waals surface area contributed by atoms with E-state index in [2.05, 4.69) is 10.4 Å². The predicted octanol–water partition coefficient (Wildman–Crippen LogP) is 1.46. The SMILES string of the molecule is C[C@@H](C(=O)NCc1cccc(C(=O)O)c1)n1cccn1. The molecule has 1 heterocycles. The van der Waals surface area contributed by atoms with Gasteiger partial charge in [0, 0.05) is 18.9 Å². The zero-order chi connectivity index (χ0) is 14.5. The number of rotatable bonds is 5. The van der Waals surface area contributed by atoms with Gasteiger partial charge in [-0.1, -0.05) is 12.1 Å². The van der Waals surface area contributed by atoms with Crippen LogP contribution in [-0.4, -0.2) is 26.8 Å². The van der Waals surface area contributed by atoms with Crippen molar-refractivity contribution in [3.05, 3.63) is 53.9 Å². The molecule has 2 aromatic rings. The van der Waals surface area contributed by atoms with Crippen molar-refractivity contribution in [2.24, 2.45) is 0 Å². The van der Waals surface area contributed by atoms with Crippen LogP contribution >= 0.6 is 0 Å². The summed E-state index contributed by atoms with van der Waals surface area (Å²) in [7, 11) is 0. The molecule has 0 unspecified atom stereocenters. The minimum absolute atomic E-state index is 0.172. The number of nitrogens with one attached hydrogen (secondary N) is 1. The molecule has 2 N–H and O–H groups in total. The van der Waals surface area contributed by atoms with Crippen molar-refractivity contribution in [2.75, 3.05) is 0 Å². The summed E-state index contributed by atoms with van der Waals surface area (Å²) < 4.78 is 1.56. The van der Waals surface area contributed by atoms with Crippen molar-refractivity contribution in [2.45, 2.75) is 19.5 Å². The van der Waals surface area contributed by atoms with Gasteiger partial charge in [0.1, 0.15) is 6.04 Å². The van der Waals surface area contributed by atoms with Gasteiger partial charge >= 0.3 is 5.97 Å². The molecule has 1 atom stereocenters. The lowest BCUT2D eigenvalue weighted by molar-refractivity contribution is -0.124. The molecular formula is C14H15N3O3. The van der Waals surface area contributed by atoms with Crippen molar-refractivity contribution < 1.29 is 14.7 Å². The van der Waals surface area contributed by atoms with Crippen LogP contribution in [0.15, 0.2) is 42.7 Å². The first-order valence-electron chi connectivity index (χ1n) is 6.17. The molecule has 1 amide bonds. The lowest BCUT2D eigenvalue weighted by atomic mass is 10.1. The molecule has 1 aromatic heterocycles. The minimum atomic E-state index is -0.983. The Bertz CT molecular complexity index is 608. The number of hydrogen-bond donors (Lipinski definition) is 2. The van der Waals surface area contributed by atoms with Crippen LogP contribution in [0.3, 0.4) is 0 Å². The van der Waals surface area contributed by atoms with E-state index in [0.717, 1.165) is 5.56 Å². The Morgan fingerprint density at radius 1 is 1.40 bits per heavy atom. The topological polar surface area (TPSA) is 84.2 Å². The average Bonchev–Trinajstić information content (AvgIpc) is 2.98. The minimum Gasteiger partial charge on any atom is -0.478 e. The molecule has 2 rings (SSSR count). The quantitative estimate of drug-likeness (QED) is 0.863. The third kappa shape index (κ3) is 3.23. The molecular weight excluding hydrogens is 258 g/mol. The second kappa shape index (κ2) is 6.01. The smallest absolute Gasteiger partial charge is 0.335 e. The Kier molecular flexibility index (Phi) is 4.14. The summed E-state index contributed by atoms with van der Waals surface area (Å²) in [6, 6.07) is 7.82. The fourth-order valence-corrected chi connectivity index (χ4v) is 1.78. The number of nitrogens with zero attached hydrogens (tertiary/aromatic N) is 2. The maximum absolute atomic E-state index is 11.9. The molecule has 0 aliphatic carbocycles. The molecule has 0 aliphatic rings. The van der Waals surface area contributed by atoms with E-state index in [4.69, 9.17) is 5.11 Å². The number of carbonyl (C=O) groups excluding carboxylic acids is 1. The van der Waals surface area contributed by atoms with Crippen LogP contribution in [0.2, 0.25) is 0 Å². The van der Waals surface area contributed by atoms with E-state index in [9.17, 15) is 9.59 Å². The van der Waals surface area contributed by atoms with E-state index in [1.165, 1.54) is 6.07 Å². The van der Waals surface area contributed by atoms with Crippen LogP contribution in [0.4, 0.5) is 0 Å². The summed E-state index contributed by atoms with van der Waals surface area (Å²) in [5.41, 5.74) is 0.947. The van der Waals surface area contributed by atoms with Crippen LogP contribution in [0, 0.1) is 0 Å². The van der Waals surface area contributed by atoms with Crippen molar-refractivity contribution in [1.29, 1.82) is 0 Å². The van der Waals surface area contributed by atoms with Gasteiger partial charge in [-0.15, -0.1) is 0 Å². The van der Waals surface area contributed by atoms with Gasteiger partial charge in [0.25, 0.3) is 0 Å². The Balaban J connectivity index is 1.96. The Hall–Kier alpha value is -2.63. The van der Waals surface area contributed by atoms with E-state index in [1.54, 1.807) is 48.3 Å². The zero-order valence-electron chi connectivity index (χ0n) is 11.0. The molecule has 0 fully saturated rings. The number of aromatic nitrogens is 2. The first kappa shape index (κ1) is 13.8. The normalized spacial score (nSPS) is 11.8. The number of carboxylic acids is 1. The fraction of sp³-hybridized carbons (Fsp3) is 0.214. The molecule has 6 heteroatoms. The molecule has 1 aromatic carbocycles. The Labute approximate surface area is 116 Å². The molecule has 0 saturated heterocycles. The summed E-state index contributed by atoms with van der Waals surface area (Å²) >= 11 is 0. The predicted molar refractivity (Wildman–Crippen MR) is 72.2 cm³/mol. The van der Waals surface area contributed by atoms with Crippen LogP contribution < -0.4 is 5.32 Å². The second-order valence-corrected chi connectivity index (χ2v) is 4.39. The number of aromatic carboxylic acids is 1. The van der Waals surface area contributed by atoms with Crippen molar-refractivity contribution in [3.63, 3.8) is 0 Å². The number of carbonyl (C=O) groups is 2. The number of carboxylic acid groups (broad SMARTS) is 1. The number of hydrogen-bond acceptors (Lipinski definition) is 3.